The van der Waals surface area contributed by atoms with E-state index < -0.39 is 25.2 Å². The Balaban J connectivity index is 1.91. The summed E-state index contributed by atoms with van der Waals surface area (Å²) in [4.78, 5) is 0. The maximum atomic E-state index is 7.43. The number of benzene rings is 4. The molecule has 4 rings (SSSR count). The summed E-state index contributed by atoms with van der Waals surface area (Å²) in [6.45, 7) is 9.15. The molecule has 0 saturated heterocycles. The normalized spacial score (nSPS) is 12.5. The van der Waals surface area contributed by atoms with E-state index in [1.807, 2.05) is 0 Å². The van der Waals surface area contributed by atoms with Crippen molar-refractivity contribution in [3.63, 3.8) is 0 Å². The van der Waals surface area contributed by atoms with Crippen molar-refractivity contribution in [2.24, 2.45) is 0 Å². The minimum atomic E-state index is -3.06. The quantitative estimate of drug-likeness (QED) is 0.343. The van der Waals surface area contributed by atoms with E-state index in [0.717, 1.165) is 10.4 Å². The molecule has 0 saturated carbocycles. The van der Waals surface area contributed by atoms with Crippen LogP contribution in [0.15, 0.2) is 121 Å². The third kappa shape index (κ3) is 5.18. The summed E-state index contributed by atoms with van der Waals surface area (Å²) in [5.74, 6) is 0. The van der Waals surface area contributed by atoms with E-state index in [1.54, 1.807) is 0 Å². The highest BCUT2D eigenvalue weighted by Crippen LogP contribution is 2.22. The molecule has 0 aromatic heterocycles. The molecule has 33 heavy (non-hydrogen) atoms. The molecule has 4 aromatic rings. The van der Waals surface area contributed by atoms with Crippen LogP contribution in [0.3, 0.4) is 0 Å². The average molecular weight is 485 g/mol. The molecule has 0 atom stereocenters. The summed E-state index contributed by atoms with van der Waals surface area (Å²) in [6, 6.07) is 42.6. The first-order chi connectivity index (χ1) is 15.8. The molecule has 0 bridgehead atoms. The van der Waals surface area contributed by atoms with Crippen molar-refractivity contribution in [1.82, 2.24) is 0 Å². The Morgan fingerprint density at radius 3 is 0.879 bits per heavy atom. The highest BCUT2D eigenvalue weighted by Gasteiger charge is 2.51. The second kappa shape index (κ2) is 9.75. The molecule has 0 aliphatic heterocycles. The highest BCUT2D eigenvalue weighted by atomic mass is 28.5. The van der Waals surface area contributed by atoms with E-state index >= 15 is 0 Å². The van der Waals surface area contributed by atoms with Crippen molar-refractivity contribution < 1.29 is 8.23 Å². The van der Waals surface area contributed by atoms with E-state index in [-0.39, 0.29) is 0 Å². The van der Waals surface area contributed by atoms with E-state index in [1.165, 1.54) is 10.4 Å². The fourth-order valence-corrected chi connectivity index (χ4v) is 17.0. The Hall–Kier alpha value is -2.55. The van der Waals surface area contributed by atoms with Crippen LogP contribution in [0.2, 0.25) is 26.2 Å². The Kier molecular flexibility index (Phi) is 6.97. The highest BCUT2D eigenvalue weighted by molar-refractivity contribution is 7.06. The van der Waals surface area contributed by atoms with Gasteiger partial charge in [-0.05, 0) is 46.9 Å². The standard InChI is InChI=1S/C28H32O2Si3/c1-31(2,25-17-9-5-10-18-25)29-33(27-21-13-7-14-22-27,28-23-15-8-16-24-28)30-32(3,4)26-19-11-6-12-20-26/h5-24H,1-4H3. The van der Waals surface area contributed by atoms with Gasteiger partial charge in [-0.2, -0.15) is 0 Å². The van der Waals surface area contributed by atoms with Crippen molar-refractivity contribution in [2.75, 3.05) is 0 Å². The van der Waals surface area contributed by atoms with Crippen molar-refractivity contribution in [3.05, 3.63) is 121 Å². The van der Waals surface area contributed by atoms with Gasteiger partial charge in [-0.25, -0.2) is 0 Å². The number of hydrogen-bond acceptors (Lipinski definition) is 2. The fourth-order valence-electron chi connectivity index (χ4n) is 4.25. The molecule has 2 nitrogen and oxygen atoms in total. The smallest absolute Gasteiger partial charge is 0.386 e. The first-order valence-corrected chi connectivity index (χ1v) is 19.1. The second-order valence-corrected chi connectivity index (χ2v) is 20.5. The maximum absolute atomic E-state index is 7.43. The van der Waals surface area contributed by atoms with E-state index in [9.17, 15) is 0 Å². The molecule has 0 heterocycles. The lowest BCUT2D eigenvalue weighted by Crippen LogP contribution is -2.73. The van der Waals surface area contributed by atoms with E-state index in [4.69, 9.17) is 8.23 Å². The van der Waals surface area contributed by atoms with Gasteiger partial charge in [0.05, 0.1) is 0 Å². The lowest BCUT2D eigenvalue weighted by atomic mass is 10.4. The van der Waals surface area contributed by atoms with Crippen LogP contribution in [-0.2, 0) is 8.23 Å². The number of hydrogen-bond donors (Lipinski definition) is 0. The molecule has 0 aliphatic rings. The second-order valence-electron chi connectivity index (χ2n) is 9.31. The monoisotopic (exact) mass is 484 g/mol. The Bertz CT molecular complexity index is 1050. The molecule has 0 aliphatic carbocycles. The first-order valence-electron chi connectivity index (χ1n) is 11.5. The summed E-state index contributed by atoms with van der Waals surface area (Å²) in [5.41, 5.74) is 0. The van der Waals surface area contributed by atoms with Gasteiger partial charge in [0.2, 0.25) is 16.6 Å². The number of rotatable bonds is 8. The Labute approximate surface area is 201 Å². The topological polar surface area (TPSA) is 18.5 Å². The van der Waals surface area contributed by atoms with Crippen LogP contribution in [0, 0.1) is 0 Å². The van der Waals surface area contributed by atoms with Gasteiger partial charge in [0.15, 0.2) is 0 Å². The van der Waals surface area contributed by atoms with Gasteiger partial charge in [-0.15, -0.1) is 0 Å². The molecule has 0 fully saturated rings. The van der Waals surface area contributed by atoms with E-state index in [0.29, 0.717) is 0 Å². The largest absolute Gasteiger partial charge is 0.426 e. The van der Waals surface area contributed by atoms with Gasteiger partial charge in [0.1, 0.15) is 0 Å². The predicted molar refractivity (Wildman–Crippen MR) is 147 cm³/mol. The van der Waals surface area contributed by atoms with Gasteiger partial charge in [0, 0.05) is 0 Å². The molecule has 4 aromatic carbocycles. The van der Waals surface area contributed by atoms with Crippen molar-refractivity contribution in [3.8, 4) is 0 Å². The van der Waals surface area contributed by atoms with Crippen molar-refractivity contribution in [1.29, 1.82) is 0 Å². The van der Waals surface area contributed by atoms with Crippen molar-refractivity contribution >= 4 is 45.9 Å². The average Bonchev–Trinajstić information content (AvgIpc) is 2.85. The zero-order chi connectivity index (χ0) is 23.4. The summed E-state index contributed by atoms with van der Waals surface area (Å²) in [5, 5.41) is 4.86. The summed E-state index contributed by atoms with van der Waals surface area (Å²) < 4.78 is 14.9. The molecule has 0 N–H and O–H groups in total. The molecular weight excluding hydrogens is 453 g/mol. The van der Waals surface area contributed by atoms with Gasteiger partial charge in [-0.1, -0.05) is 121 Å². The van der Waals surface area contributed by atoms with Crippen LogP contribution in [0.25, 0.3) is 0 Å². The minimum absolute atomic E-state index is 1.16. The third-order valence-electron chi connectivity index (χ3n) is 6.04. The zero-order valence-corrected chi connectivity index (χ0v) is 22.9. The maximum Gasteiger partial charge on any atom is 0.386 e. The third-order valence-corrected chi connectivity index (χ3v) is 18.1. The lowest BCUT2D eigenvalue weighted by Gasteiger charge is -2.43. The zero-order valence-electron chi connectivity index (χ0n) is 19.9. The lowest BCUT2D eigenvalue weighted by molar-refractivity contribution is 0.419. The van der Waals surface area contributed by atoms with Crippen LogP contribution >= 0.6 is 0 Å². The van der Waals surface area contributed by atoms with Crippen LogP contribution in [0.1, 0.15) is 0 Å². The molecule has 0 spiro atoms. The summed E-state index contributed by atoms with van der Waals surface area (Å²) >= 11 is 0. The molecule has 0 amide bonds. The fraction of sp³-hybridized carbons (Fsp3) is 0.143. The van der Waals surface area contributed by atoms with Crippen LogP contribution in [-0.4, -0.2) is 25.2 Å². The molecule has 0 radical (unpaired) electrons. The van der Waals surface area contributed by atoms with E-state index in [2.05, 4.69) is 148 Å². The molecular formula is C28H32O2Si3. The van der Waals surface area contributed by atoms with Gasteiger partial charge >= 0.3 is 8.56 Å². The molecule has 168 valence electrons. The molecule has 0 unspecified atom stereocenters. The van der Waals surface area contributed by atoms with Crippen LogP contribution in [0.4, 0.5) is 0 Å². The van der Waals surface area contributed by atoms with Crippen LogP contribution < -0.4 is 20.7 Å². The van der Waals surface area contributed by atoms with Gasteiger partial charge in [0.25, 0.3) is 0 Å². The van der Waals surface area contributed by atoms with Crippen LogP contribution in [0.5, 0.6) is 0 Å². The SMILES string of the molecule is C[Si](C)(O[Si](O[Si](C)(C)c1ccccc1)(c1ccccc1)c1ccccc1)c1ccccc1. The van der Waals surface area contributed by atoms with Crippen molar-refractivity contribution in [2.45, 2.75) is 26.2 Å². The summed E-state index contributed by atoms with van der Waals surface area (Å²) in [6.07, 6.45) is 0. The Morgan fingerprint density at radius 1 is 0.364 bits per heavy atom. The minimum Gasteiger partial charge on any atom is -0.426 e. The summed E-state index contributed by atoms with van der Waals surface area (Å²) in [7, 11) is -7.71. The van der Waals surface area contributed by atoms with Gasteiger partial charge < -0.3 is 8.23 Å². The van der Waals surface area contributed by atoms with Gasteiger partial charge in [-0.3, -0.25) is 0 Å². The predicted octanol–water partition coefficient (Wildman–Crippen LogP) is 4.50. The first kappa shape index (κ1) is 23.6. The Morgan fingerprint density at radius 2 is 0.606 bits per heavy atom. The molecule has 5 heteroatoms.